The number of hydrogen-bond donors (Lipinski definition) is 1. The second kappa shape index (κ2) is 3.05. The summed E-state index contributed by atoms with van der Waals surface area (Å²) in [6.45, 7) is 4.24. The van der Waals surface area contributed by atoms with E-state index in [1.807, 2.05) is 13.1 Å². The van der Waals surface area contributed by atoms with Gasteiger partial charge in [0.15, 0.2) is 0 Å². The summed E-state index contributed by atoms with van der Waals surface area (Å²) in [4.78, 5) is 0. The normalized spacial score (nSPS) is 11.0. The number of aromatic nitrogens is 2. The van der Waals surface area contributed by atoms with Crippen molar-refractivity contribution in [3.05, 3.63) is 17.5 Å². The van der Waals surface area contributed by atoms with Crippen molar-refractivity contribution in [1.29, 1.82) is 0 Å². The number of aryl methyl sites for hydroxylation is 1. The van der Waals surface area contributed by atoms with E-state index in [1.54, 1.807) is 4.68 Å². The largest absolute Gasteiger partial charge is 0.390 e. The Hall–Kier alpha value is -0.830. The van der Waals surface area contributed by atoms with E-state index in [2.05, 4.69) is 18.9 Å². The topological polar surface area (TPSA) is 38.0 Å². The van der Waals surface area contributed by atoms with Gasteiger partial charge in [-0.1, -0.05) is 13.8 Å². The number of aliphatic hydroxyl groups is 1. The first-order valence-electron chi connectivity index (χ1n) is 3.78. The van der Waals surface area contributed by atoms with E-state index in [0.717, 1.165) is 11.4 Å². The maximum absolute atomic E-state index is 8.85. The van der Waals surface area contributed by atoms with Crippen LogP contribution in [0.2, 0.25) is 0 Å². The monoisotopic (exact) mass is 154 g/mol. The molecule has 0 aliphatic rings. The molecule has 0 saturated heterocycles. The zero-order valence-corrected chi connectivity index (χ0v) is 7.20. The van der Waals surface area contributed by atoms with Gasteiger partial charge in [-0.05, 0) is 12.0 Å². The van der Waals surface area contributed by atoms with Gasteiger partial charge in [-0.2, -0.15) is 5.10 Å². The zero-order chi connectivity index (χ0) is 8.43. The van der Waals surface area contributed by atoms with Crippen LogP contribution < -0.4 is 0 Å². The Bertz CT molecular complexity index is 240. The number of nitrogens with zero attached hydrogens (tertiary/aromatic N) is 2. The minimum absolute atomic E-state index is 0.0657. The molecule has 0 aromatic carbocycles. The van der Waals surface area contributed by atoms with E-state index in [1.165, 1.54) is 0 Å². The zero-order valence-electron chi connectivity index (χ0n) is 7.20. The van der Waals surface area contributed by atoms with Crippen LogP contribution in [0.25, 0.3) is 0 Å². The standard InChI is InChI=1S/C8H14N2O/c1-6(2)8-4-7(5-11)10(3)9-8/h4,6,11H,5H2,1-3H3. The first-order chi connectivity index (χ1) is 5.15. The van der Waals surface area contributed by atoms with Crippen LogP contribution in [0.1, 0.15) is 31.2 Å². The summed E-state index contributed by atoms with van der Waals surface area (Å²) < 4.78 is 1.72. The van der Waals surface area contributed by atoms with Crippen LogP contribution in [0.15, 0.2) is 6.07 Å². The van der Waals surface area contributed by atoms with Crippen molar-refractivity contribution in [2.24, 2.45) is 7.05 Å². The highest BCUT2D eigenvalue weighted by Gasteiger charge is 2.06. The summed E-state index contributed by atoms with van der Waals surface area (Å²) >= 11 is 0. The lowest BCUT2D eigenvalue weighted by Gasteiger charge is -1.95. The summed E-state index contributed by atoms with van der Waals surface area (Å²) in [6.07, 6.45) is 0. The summed E-state index contributed by atoms with van der Waals surface area (Å²) in [6, 6.07) is 1.94. The molecule has 0 aliphatic carbocycles. The van der Waals surface area contributed by atoms with Gasteiger partial charge in [-0.3, -0.25) is 4.68 Å². The Morgan fingerprint density at radius 1 is 1.64 bits per heavy atom. The average Bonchev–Trinajstić information content (AvgIpc) is 2.31. The minimum atomic E-state index is 0.0657. The van der Waals surface area contributed by atoms with Gasteiger partial charge in [0.1, 0.15) is 0 Å². The molecule has 1 N–H and O–H groups in total. The quantitative estimate of drug-likeness (QED) is 0.691. The third-order valence-corrected chi connectivity index (χ3v) is 1.75. The van der Waals surface area contributed by atoms with Gasteiger partial charge in [0.25, 0.3) is 0 Å². The van der Waals surface area contributed by atoms with E-state index in [-0.39, 0.29) is 6.61 Å². The van der Waals surface area contributed by atoms with Crippen molar-refractivity contribution in [2.45, 2.75) is 26.4 Å². The molecule has 0 bridgehead atoms. The van der Waals surface area contributed by atoms with Gasteiger partial charge in [-0.25, -0.2) is 0 Å². The Labute approximate surface area is 66.7 Å². The predicted octanol–water partition coefficient (Wildman–Crippen LogP) is 1.04. The summed E-state index contributed by atoms with van der Waals surface area (Å²) in [5.74, 6) is 0.432. The Morgan fingerprint density at radius 2 is 2.27 bits per heavy atom. The molecule has 1 aromatic heterocycles. The van der Waals surface area contributed by atoms with Crippen LogP contribution in [-0.4, -0.2) is 14.9 Å². The maximum Gasteiger partial charge on any atom is 0.0849 e. The third-order valence-electron chi connectivity index (χ3n) is 1.75. The first kappa shape index (κ1) is 8.27. The highest BCUT2D eigenvalue weighted by atomic mass is 16.3. The fourth-order valence-corrected chi connectivity index (χ4v) is 0.961. The molecular formula is C8H14N2O. The van der Waals surface area contributed by atoms with E-state index >= 15 is 0 Å². The van der Waals surface area contributed by atoms with Crippen molar-refractivity contribution in [3.8, 4) is 0 Å². The van der Waals surface area contributed by atoms with E-state index in [0.29, 0.717) is 5.92 Å². The average molecular weight is 154 g/mol. The Morgan fingerprint density at radius 3 is 2.55 bits per heavy atom. The van der Waals surface area contributed by atoms with Crippen LogP contribution in [0.5, 0.6) is 0 Å². The smallest absolute Gasteiger partial charge is 0.0849 e. The lowest BCUT2D eigenvalue weighted by Crippen LogP contribution is -1.97. The number of aliphatic hydroxyl groups excluding tert-OH is 1. The van der Waals surface area contributed by atoms with Crippen LogP contribution in [-0.2, 0) is 13.7 Å². The van der Waals surface area contributed by atoms with Gasteiger partial charge < -0.3 is 5.11 Å². The molecule has 0 atom stereocenters. The van der Waals surface area contributed by atoms with Crippen molar-refractivity contribution in [1.82, 2.24) is 9.78 Å². The lowest BCUT2D eigenvalue weighted by atomic mass is 10.1. The molecule has 0 saturated carbocycles. The van der Waals surface area contributed by atoms with Gasteiger partial charge in [0.05, 0.1) is 18.0 Å². The fourth-order valence-electron chi connectivity index (χ4n) is 0.961. The molecule has 0 radical (unpaired) electrons. The van der Waals surface area contributed by atoms with Crippen LogP contribution in [0.4, 0.5) is 0 Å². The van der Waals surface area contributed by atoms with Crippen molar-refractivity contribution in [2.75, 3.05) is 0 Å². The molecule has 1 heterocycles. The molecule has 0 spiro atoms. The summed E-state index contributed by atoms with van der Waals surface area (Å²) in [7, 11) is 1.84. The molecule has 3 nitrogen and oxygen atoms in total. The highest BCUT2D eigenvalue weighted by molar-refractivity contribution is 5.12. The molecule has 1 rings (SSSR count). The molecule has 0 unspecified atom stereocenters. The predicted molar refractivity (Wildman–Crippen MR) is 43.2 cm³/mol. The molecule has 0 amide bonds. The van der Waals surface area contributed by atoms with Crippen LogP contribution in [0.3, 0.4) is 0 Å². The van der Waals surface area contributed by atoms with Gasteiger partial charge in [0, 0.05) is 7.05 Å². The van der Waals surface area contributed by atoms with Crippen molar-refractivity contribution < 1.29 is 5.11 Å². The summed E-state index contributed by atoms with van der Waals surface area (Å²) in [5.41, 5.74) is 1.91. The maximum atomic E-state index is 8.85. The molecule has 11 heavy (non-hydrogen) atoms. The van der Waals surface area contributed by atoms with Gasteiger partial charge in [-0.15, -0.1) is 0 Å². The third kappa shape index (κ3) is 1.60. The van der Waals surface area contributed by atoms with E-state index in [9.17, 15) is 0 Å². The second-order valence-electron chi connectivity index (χ2n) is 3.00. The summed E-state index contributed by atoms with van der Waals surface area (Å²) in [5, 5.41) is 13.1. The van der Waals surface area contributed by atoms with Crippen LogP contribution >= 0.6 is 0 Å². The number of rotatable bonds is 2. The SMILES string of the molecule is CC(C)c1cc(CO)n(C)n1. The van der Waals surface area contributed by atoms with Gasteiger partial charge in [0.2, 0.25) is 0 Å². The fraction of sp³-hybridized carbons (Fsp3) is 0.625. The number of hydrogen-bond acceptors (Lipinski definition) is 2. The minimum Gasteiger partial charge on any atom is -0.390 e. The molecule has 62 valence electrons. The van der Waals surface area contributed by atoms with Crippen molar-refractivity contribution in [3.63, 3.8) is 0 Å². The molecular weight excluding hydrogens is 140 g/mol. The van der Waals surface area contributed by atoms with Crippen LogP contribution in [0, 0.1) is 0 Å². The lowest BCUT2D eigenvalue weighted by molar-refractivity contribution is 0.270. The Balaban J connectivity index is 2.95. The molecule has 1 aromatic rings. The highest BCUT2D eigenvalue weighted by Crippen LogP contribution is 2.13. The Kier molecular flexibility index (Phi) is 2.29. The van der Waals surface area contributed by atoms with Crippen molar-refractivity contribution >= 4 is 0 Å². The second-order valence-corrected chi connectivity index (χ2v) is 3.00. The molecule has 0 aliphatic heterocycles. The van der Waals surface area contributed by atoms with E-state index in [4.69, 9.17) is 5.11 Å². The first-order valence-corrected chi connectivity index (χ1v) is 3.78. The van der Waals surface area contributed by atoms with E-state index < -0.39 is 0 Å². The molecule has 0 fully saturated rings. The molecule has 3 heteroatoms. The van der Waals surface area contributed by atoms with Gasteiger partial charge >= 0.3 is 0 Å².